The first kappa shape index (κ1) is 19.7. The molecule has 0 aromatic heterocycles. The summed E-state index contributed by atoms with van der Waals surface area (Å²) in [6.45, 7) is 8.55. The molecular formula is C17H27O5P. The van der Waals surface area contributed by atoms with Crippen molar-refractivity contribution in [3.8, 4) is 5.75 Å². The number of para-hydroxylation sites is 1. The van der Waals surface area contributed by atoms with Gasteiger partial charge in [-0.15, -0.1) is 0 Å². The van der Waals surface area contributed by atoms with Crippen molar-refractivity contribution in [1.82, 2.24) is 0 Å². The fourth-order valence-electron chi connectivity index (χ4n) is 1.89. The molecule has 0 heterocycles. The highest BCUT2D eigenvalue weighted by Crippen LogP contribution is 2.59. The van der Waals surface area contributed by atoms with Crippen molar-refractivity contribution in [3.63, 3.8) is 0 Å². The Labute approximate surface area is 138 Å². The lowest BCUT2D eigenvalue weighted by Gasteiger charge is -2.32. The van der Waals surface area contributed by atoms with E-state index in [1.165, 1.54) is 0 Å². The van der Waals surface area contributed by atoms with Crippen molar-refractivity contribution in [2.24, 2.45) is 5.92 Å². The lowest BCUT2D eigenvalue weighted by Crippen LogP contribution is -2.29. The number of rotatable bonds is 7. The predicted octanol–water partition coefficient (Wildman–Crippen LogP) is 3.70. The van der Waals surface area contributed by atoms with E-state index in [0.29, 0.717) is 5.75 Å². The van der Waals surface area contributed by atoms with E-state index in [9.17, 15) is 9.36 Å². The van der Waals surface area contributed by atoms with Crippen LogP contribution in [0.5, 0.6) is 5.75 Å². The Kier molecular flexibility index (Phi) is 6.84. The second-order valence-electron chi connectivity index (χ2n) is 6.76. The van der Waals surface area contributed by atoms with Crippen LogP contribution < -0.4 is 4.52 Å². The molecule has 6 heteroatoms. The molecule has 0 aliphatic carbocycles. The van der Waals surface area contributed by atoms with E-state index in [1.54, 1.807) is 26.0 Å². The zero-order chi connectivity index (χ0) is 17.7. The van der Waals surface area contributed by atoms with Crippen LogP contribution in [0.25, 0.3) is 0 Å². The third-order valence-corrected chi connectivity index (χ3v) is 7.09. The van der Waals surface area contributed by atoms with E-state index < -0.39 is 30.5 Å². The average molecular weight is 342 g/mol. The molecule has 0 saturated carbocycles. The van der Waals surface area contributed by atoms with Crippen molar-refractivity contribution in [2.75, 3.05) is 12.8 Å². The van der Waals surface area contributed by atoms with Crippen LogP contribution in [-0.2, 0) is 14.1 Å². The zero-order valence-corrected chi connectivity index (χ0v) is 15.4. The van der Waals surface area contributed by atoms with Gasteiger partial charge in [0.25, 0.3) is 7.37 Å². The van der Waals surface area contributed by atoms with Gasteiger partial charge in [0, 0.05) is 11.3 Å². The molecule has 0 saturated heterocycles. The first-order valence-corrected chi connectivity index (χ1v) is 9.55. The van der Waals surface area contributed by atoms with E-state index in [1.807, 2.05) is 39.0 Å². The van der Waals surface area contributed by atoms with Gasteiger partial charge < -0.3 is 14.4 Å². The molecule has 0 aliphatic rings. The van der Waals surface area contributed by atoms with Crippen molar-refractivity contribution >= 4 is 13.3 Å². The highest BCUT2D eigenvalue weighted by atomic mass is 31.2. The quantitative estimate of drug-likeness (QED) is 0.604. The second kappa shape index (κ2) is 7.98. The Bertz CT molecular complexity index is 550. The summed E-state index contributed by atoms with van der Waals surface area (Å²) in [6, 6.07) is 8.96. The molecule has 0 amide bonds. The molecule has 5 nitrogen and oxygen atoms in total. The van der Waals surface area contributed by atoms with Crippen LogP contribution in [-0.4, -0.2) is 35.1 Å². The first-order chi connectivity index (χ1) is 10.6. The fourth-order valence-corrected chi connectivity index (χ4v) is 4.11. The summed E-state index contributed by atoms with van der Waals surface area (Å²) in [6.07, 6.45) is -0.489. The SMILES string of the molecule is CC(CO)OC(=O)[C@H](C)CP(=O)(Oc1ccccc1)C(C)(C)C. The van der Waals surface area contributed by atoms with Crippen molar-refractivity contribution in [2.45, 2.75) is 45.9 Å². The van der Waals surface area contributed by atoms with E-state index in [-0.39, 0.29) is 12.8 Å². The standard InChI is InChI=1S/C17H27O5P/c1-13(16(19)21-14(2)11-18)12-23(20,17(3,4)5)22-15-9-7-6-8-10-15/h6-10,13-14,18H,11-12H2,1-5H3/t13-,14?,23?/m1/s1. The molecule has 1 N–H and O–H groups in total. The van der Waals surface area contributed by atoms with Gasteiger partial charge in [0.1, 0.15) is 11.9 Å². The minimum Gasteiger partial charge on any atom is -0.460 e. The molecule has 0 spiro atoms. The molecule has 2 unspecified atom stereocenters. The van der Waals surface area contributed by atoms with Crippen LogP contribution in [0.3, 0.4) is 0 Å². The molecule has 3 atom stereocenters. The lowest BCUT2D eigenvalue weighted by atomic mass is 10.2. The maximum Gasteiger partial charge on any atom is 0.309 e. The summed E-state index contributed by atoms with van der Waals surface area (Å²) in [5.74, 6) is -0.541. The first-order valence-electron chi connectivity index (χ1n) is 7.74. The summed E-state index contributed by atoms with van der Waals surface area (Å²) in [7, 11) is -3.15. The summed E-state index contributed by atoms with van der Waals surface area (Å²) in [5.41, 5.74) is 0. The predicted molar refractivity (Wildman–Crippen MR) is 91.1 cm³/mol. The van der Waals surface area contributed by atoms with E-state index in [4.69, 9.17) is 14.4 Å². The summed E-state index contributed by atoms with van der Waals surface area (Å²) >= 11 is 0. The highest BCUT2D eigenvalue weighted by molar-refractivity contribution is 7.61. The smallest absolute Gasteiger partial charge is 0.309 e. The molecule has 23 heavy (non-hydrogen) atoms. The van der Waals surface area contributed by atoms with Crippen molar-refractivity contribution < 1.29 is 23.7 Å². The van der Waals surface area contributed by atoms with E-state index in [0.717, 1.165) is 0 Å². The number of aliphatic hydroxyl groups excluding tert-OH is 1. The van der Waals surface area contributed by atoms with Crippen molar-refractivity contribution in [3.05, 3.63) is 30.3 Å². The Balaban J connectivity index is 2.91. The van der Waals surface area contributed by atoms with Gasteiger partial charge in [-0.2, -0.15) is 0 Å². The highest BCUT2D eigenvalue weighted by Gasteiger charge is 2.42. The van der Waals surface area contributed by atoms with Crippen LogP contribution in [0, 0.1) is 5.92 Å². The molecule has 0 bridgehead atoms. The van der Waals surface area contributed by atoms with Crippen LogP contribution in [0.4, 0.5) is 0 Å². The van der Waals surface area contributed by atoms with Crippen LogP contribution in [0.1, 0.15) is 34.6 Å². The number of carbonyl (C=O) groups excluding carboxylic acids is 1. The largest absolute Gasteiger partial charge is 0.460 e. The Morgan fingerprint density at radius 1 is 1.22 bits per heavy atom. The van der Waals surface area contributed by atoms with E-state index >= 15 is 0 Å². The average Bonchev–Trinajstić information content (AvgIpc) is 2.46. The van der Waals surface area contributed by atoms with Gasteiger partial charge in [0.15, 0.2) is 0 Å². The number of carbonyl (C=O) groups is 1. The molecule has 0 fully saturated rings. The third-order valence-electron chi connectivity index (χ3n) is 3.51. The maximum absolute atomic E-state index is 13.4. The number of benzene rings is 1. The van der Waals surface area contributed by atoms with Gasteiger partial charge in [-0.05, 0) is 19.1 Å². The topological polar surface area (TPSA) is 72.8 Å². The van der Waals surface area contributed by atoms with Crippen molar-refractivity contribution in [1.29, 1.82) is 0 Å². The summed E-state index contributed by atoms with van der Waals surface area (Å²) in [4.78, 5) is 12.1. The lowest BCUT2D eigenvalue weighted by molar-refractivity contribution is -0.153. The third kappa shape index (κ3) is 5.67. The van der Waals surface area contributed by atoms with Crippen LogP contribution >= 0.6 is 7.37 Å². The fraction of sp³-hybridized carbons (Fsp3) is 0.588. The Morgan fingerprint density at radius 2 is 1.78 bits per heavy atom. The molecule has 1 aromatic rings. The van der Waals surface area contributed by atoms with Gasteiger partial charge in [-0.25, -0.2) is 0 Å². The Morgan fingerprint density at radius 3 is 2.26 bits per heavy atom. The summed E-state index contributed by atoms with van der Waals surface area (Å²) in [5, 5.41) is 8.35. The van der Waals surface area contributed by atoms with Crippen LogP contribution in [0.15, 0.2) is 30.3 Å². The second-order valence-corrected chi connectivity index (χ2v) is 10.00. The molecular weight excluding hydrogens is 315 g/mol. The molecule has 0 aliphatic heterocycles. The monoisotopic (exact) mass is 342 g/mol. The van der Waals surface area contributed by atoms with E-state index in [2.05, 4.69) is 0 Å². The maximum atomic E-state index is 13.4. The number of aliphatic hydroxyl groups is 1. The zero-order valence-electron chi connectivity index (χ0n) is 14.5. The molecule has 0 radical (unpaired) electrons. The number of ether oxygens (including phenoxy) is 1. The minimum absolute atomic E-state index is 0.0857. The number of hydrogen-bond acceptors (Lipinski definition) is 5. The molecule has 130 valence electrons. The Hall–Kier alpha value is -1.32. The number of esters is 1. The van der Waals surface area contributed by atoms with Gasteiger partial charge in [-0.1, -0.05) is 45.9 Å². The van der Waals surface area contributed by atoms with Crippen LogP contribution in [0.2, 0.25) is 0 Å². The van der Waals surface area contributed by atoms with Gasteiger partial charge >= 0.3 is 5.97 Å². The minimum atomic E-state index is -3.15. The molecule has 1 rings (SSSR count). The number of hydrogen-bond donors (Lipinski definition) is 1. The van der Waals surface area contributed by atoms with Gasteiger partial charge in [0.2, 0.25) is 0 Å². The van der Waals surface area contributed by atoms with Gasteiger partial charge in [-0.3, -0.25) is 9.36 Å². The van der Waals surface area contributed by atoms with Gasteiger partial charge in [0.05, 0.1) is 12.5 Å². The normalized spacial score (nSPS) is 17.0. The molecule has 1 aromatic carbocycles. The summed E-state index contributed by atoms with van der Waals surface area (Å²) < 4.78 is 24.3.